The Morgan fingerprint density at radius 1 is 1.40 bits per heavy atom. The number of nitro groups is 1. The Morgan fingerprint density at radius 3 is 2.60 bits per heavy atom. The number of rotatable bonds is 5. The Bertz CT molecular complexity index is 340. The van der Waals surface area contributed by atoms with Crippen LogP contribution in [0.1, 0.15) is 12.0 Å². The molecule has 5 nitrogen and oxygen atoms in total. The molecule has 1 atom stereocenters. The van der Waals surface area contributed by atoms with Crippen LogP contribution in [0.25, 0.3) is 0 Å². The summed E-state index contributed by atoms with van der Waals surface area (Å²) < 4.78 is 0. The van der Waals surface area contributed by atoms with Crippen molar-refractivity contribution in [3.8, 4) is 5.75 Å². The highest BCUT2D eigenvalue weighted by molar-refractivity contribution is 5.32. The number of hydrogen-bond donors (Lipinski definition) is 2. The number of hydrogen-bond acceptors (Lipinski definition) is 4. The summed E-state index contributed by atoms with van der Waals surface area (Å²) in [4.78, 5) is 10.2. The zero-order valence-corrected chi connectivity index (χ0v) is 8.17. The molecule has 0 aliphatic rings. The van der Waals surface area contributed by atoms with Gasteiger partial charge in [-0.1, -0.05) is 18.2 Å². The van der Waals surface area contributed by atoms with E-state index in [1.807, 2.05) is 0 Å². The SMILES string of the molecule is O=[N+]([O-])C(CCO)Cc1ccccc1O. The minimum Gasteiger partial charge on any atom is -0.508 e. The molecule has 0 amide bonds. The molecule has 0 aliphatic carbocycles. The molecular formula is C10H13NO4. The molecule has 0 spiro atoms. The fourth-order valence-corrected chi connectivity index (χ4v) is 1.37. The summed E-state index contributed by atoms with van der Waals surface area (Å²) in [7, 11) is 0. The van der Waals surface area contributed by atoms with E-state index in [1.165, 1.54) is 6.07 Å². The largest absolute Gasteiger partial charge is 0.508 e. The van der Waals surface area contributed by atoms with Crippen LogP contribution in [0.4, 0.5) is 0 Å². The molecule has 1 rings (SSSR count). The van der Waals surface area contributed by atoms with E-state index in [1.54, 1.807) is 18.2 Å². The van der Waals surface area contributed by atoms with E-state index in [2.05, 4.69) is 0 Å². The minimum absolute atomic E-state index is 0.0577. The van der Waals surface area contributed by atoms with E-state index < -0.39 is 11.0 Å². The summed E-state index contributed by atoms with van der Waals surface area (Å²) in [5, 5.41) is 28.7. The first-order valence-corrected chi connectivity index (χ1v) is 4.66. The second-order valence-electron chi connectivity index (χ2n) is 3.28. The summed E-state index contributed by atoms with van der Waals surface area (Å²) in [6.07, 6.45) is 0.238. The van der Waals surface area contributed by atoms with Crippen LogP contribution in [0.15, 0.2) is 24.3 Å². The summed E-state index contributed by atoms with van der Waals surface area (Å²) in [5.74, 6) is 0.0577. The number of benzene rings is 1. The third-order valence-electron chi connectivity index (χ3n) is 2.21. The maximum absolute atomic E-state index is 10.6. The van der Waals surface area contributed by atoms with Crippen molar-refractivity contribution in [2.24, 2.45) is 0 Å². The highest BCUT2D eigenvalue weighted by Gasteiger charge is 2.21. The van der Waals surface area contributed by atoms with Crippen molar-refractivity contribution in [2.45, 2.75) is 18.9 Å². The summed E-state index contributed by atoms with van der Waals surface area (Å²) in [6, 6.07) is 5.66. The van der Waals surface area contributed by atoms with E-state index in [9.17, 15) is 15.2 Å². The number of aromatic hydroxyl groups is 1. The number of para-hydroxylation sites is 1. The first-order valence-electron chi connectivity index (χ1n) is 4.66. The van der Waals surface area contributed by atoms with Crippen LogP contribution < -0.4 is 0 Å². The molecule has 82 valence electrons. The zero-order chi connectivity index (χ0) is 11.3. The maximum Gasteiger partial charge on any atom is 0.219 e. The lowest BCUT2D eigenvalue weighted by Crippen LogP contribution is -2.23. The first-order chi connectivity index (χ1) is 7.15. The van der Waals surface area contributed by atoms with Crippen molar-refractivity contribution in [1.29, 1.82) is 0 Å². The van der Waals surface area contributed by atoms with Crippen molar-refractivity contribution in [3.05, 3.63) is 39.9 Å². The smallest absolute Gasteiger partial charge is 0.219 e. The van der Waals surface area contributed by atoms with Gasteiger partial charge in [-0.15, -0.1) is 0 Å². The average molecular weight is 211 g/mol. The van der Waals surface area contributed by atoms with E-state index in [0.29, 0.717) is 5.56 Å². The Kier molecular flexibility index (Phi) is 4.05. The predicted octanol–water partition coefficient (Wildman–Crippen LogP) is 0.962. The van der Waals surface area contributed by atoms with Gasteiger partial charge in [0.05, 0.1) is 0 Å². The van der Waals surface area contributed by atoms with Gasteiger partial charge >= 0.3 is 0 Å². The minimum atomic E-state index is -0.844. The van der Waals surface area contributed by atoms with Crippen molar-refractivity contribution in [2.75, 3.05) is 6.61 Å². The number of aliphatic hydroxyl groups excluding tert-OH is 1. The maximum atomic E-state index is 10.6. The third kappa shape index (κ3) is 3.21. The lowest BCUT2D eigenvalue weighted by atomic mass is 10.0. The van der Waals surface area contributed by atoms with Gasteiger partial charge in [-0.2, -0.15) is 0 Å². The summed E-state index contributed by atoms with van der Waals surface area (Å²) >= 11 is 0. The van der Waals surface area contributed by atoms with Gasteiger partial charge in [-0.05, 0) is 6.07 Å². The van der Waals surface area contributed by atoms with Gasteiger partial charge in [-0.3, -0.25) is 10.1 Å². The molecule has 0 heterocycles. The van der Waals surface area contributed by atoms with Crippen LogP contribution in [0.3, 0.4) is 0 Å². The highest BCUT2D eigenvalue weighted by Crippen LogP contribution is 2.19. The standard InChI is InChI=1S/C10H13NO4/c12-6-5-9(11(14)15)7-8-3-1-2-4-10(8)13/h1-4,9,12-13H,5-7H2. The van der Waals surface area contributed by atoms with Gasteiger partial charge in [-0.25, -0.2) is 0 Å². The molecular weight excluding hydrogens is 198 g/mol. The van der Waals surface area contributed by atoms with Crippen LogP contribution in [-0.2, 0) is 6.42 Å². The molecule has 5 heteroatoms. The predicted molar refractivity (Wildman–Crippen MR) is 54.3 cm³/mol. The highest BCUT2D eigenvalue weighted by atomic mass is 16.6. The quantitative estimate of drug-likeness (QED) is 0.561. The van der Waals surface area contributed by atoms with Gasteiger partial charge in [0.1, 0.15) is 5.75 Å². The monoisotopic (exact) mass is 211 g/mol. The topological polar surface area (TPSA) is 83.6 Å². The average Bonchev–Trinajstić information content (AvgIpc) is 2.20. The lowest BCUT2D eigenvalue weighted by Gasteiger charge is -2.08. The van der Waals surface area contributed by atoms with Crippen LogP contribution >= 0.6 is 0 Å². The van der Waals surface area contributed by atoms with Gasteiger partial charge in [0.2, 0.25) is 6.04 Å². The van der Waals surface area contributed by atoms with Gasteiger partial charge in [0.15, 0.2) is 0 Å². The Morgan fingerprint density at radius 2 is 2.07 bits per heavy atom. The van der Waals surface area contributed by atoms with Crippen molar-refractivity contribution < 1.29 is 15.1 Å². The van der Waals surface area contributed by atoms with Crippen LogP contribution in [-0.4, -0.2) is 27.8 Å². The van der Waals surface area contributed by atoms with Crippen molar-refractivity contribution in [3.63, 3.8) is 0 Å². The van der Waals surface area contributed by atoms with E-state index in [0.717, 1.165) is 0 Å². The molecule has 0 bridgehead atoms. The molecule has 0 fully saturated rings. The molecule has 0 aromatic heterocycles. The van der Waals surface area contributed by atoms with E-state index in [4.69, 9.17) is 5.11 Å². The van der Waals surface area contributed by atoms with E-state index in [-0.39, 0.29) is 25.2 Å². The second kappa shape index (κ2) is 5.31. The molecule has 0 radical (unpaired) electrons. The lowest BCUT2D eigenvalue weighted by molar-refractivity contribution is -0.523. The number of aliphatic hydroxyl groups is 1. The fourth-order valence-electron chi connectivity index (χ4n) is 1.37. The normalized spacial score (nSPS) is 12.3. The Balaban J connectivity index is 2.74. The van der Waals surface area contributed by atoms with Crippen molar-refractivity contribution in [1.82, 2.24) is 0 Å². The summed E-state index contributed by atoms with van der Waals surface area (Å²) in [6.45, 7) is -0.223. The van der Waals surface area contributed by atoms with Gasteiger partial charge < -0.3 is 10.2 Å². The van der Waals surface area contributed by atoms with Gasteiger partial charge in [0, 0.05) is 29.9 Å². The molecule has 15 heavy (non-hydrogen) atoms. The molecule has 2 N–H and O–H groups in total. The number of phenolic OH excluding ortho intramolecular Hbond substituents is 1. The zero-order valence-electron chi connectivity index (χ0n) is 8.17. The van der Waals surface area contributed by atoms with Gasteiger partial charge in [0.25, 0.3) is 0 Å². The second-order valence-corrected chi connectivity index (χ2v) is 3.28. The van der Waals surface area contributed by atoms with E-state index >= 15 is 0 Å². The molecule has 0 saturated heterocycles. The molecule has 0 aliphatic heterocycles. The van der Waals surface area contributed by atoms with Crippen LogP contribution in [0.2, 0.25) is 0 Å². The molecule has 1 unspecified atom stereocenters. The number of phenols is 1. The van der Waals surface area contributed by atoms with Crippen molar-refractivity contribution >= 4 is 0 Å². The molecule has 1 aromatic rings. The summed E-state index contributed by atoms with van der Waals surface area (Å²) in [5.41, 5.74) is 0.535. The first kappa shape index (κ1) is 11.5. The number of nitrogens with zero attached hydrogens (tertiary/aromatic N) is 1. The van der Waals surface area contributed by atoms with Crippen LogP contribution in [0, 0.1) is 10.1 Å². The fraction of sp³-hybridized carbons (Fsp3) is 0.400. The third-order valence-corrected chi connectivity index (χ3v) is 2.21. The Hall–Kier alpha value is -1.62. The Labute approximate surface area is 87.1 Å². The van der Waals surface area contributed by atoms with Crippen LogP contribution in [0.5, 0.6) is 5.75 Å². The molecule has 1 aromatic carbocycles. The molecule has 0 saturated carbocycles.